The second kappa shape index (κ2) is 6.60. The maximum absolute atomic E-state index is 11.5. The first-order valence-corrected chi connectivity index (χ1v) is 8.35. The molecule has 3 rings (SSSR count). The van der Waals surface area contributed by atoms with Gasteiger partial charge < -0.3 is 9.84 Å². The molecule has 1 heterocycles. The Bertz CT molecular complexity index is 577. The van der Waals surface area contributed by atoms with Crippen LogP contribution >= 0.6 is 0 Å². The minimum absolute atomic E-state index is 0.213. The molecule has 0 spiro atoms. The maximum atomic E-state index is 11.5. The average molecular weight is 317 g/mol. The first-order valence-electron chi connectivity index (χ1n) is 8.35. The highest BCUT2D eigenvalue weighted by Crippen LogP contribution is 2.32. The standard InChI is InChI=1S/C18H23NO4/c1-12-16(17(20)23-12)19(18(21)22)11-13-7-9-15(10-8-13)14-5-3-2-4-6-14/h7-10,12,14,16H,2-6,11H2,1H3,(H,21,22)/t12-,16+/m0/s1. The number of nitrogens with zero attached hydrogens (tertiary/aromatic N) is 1. The van der Waals surface area contributed by atoms with E-state index in [0.29, 0.717) is 5.92 Å². The van der Waals surface area contributed by atoms with E-state index in [1.54, 1.807) is 6.92 Å². The molecule has 0 aromatic heterocycles. The van der Waals surface area contributed by atoms with Crippen LogP contribution in [0.5, 0.6) is 0 Å². The monoisotopic (exact) mass is 317 g/mol. The van der Waals surface area contributed by atoms with Gasteiger partial charge in [-0.25, -0.2) is 9.59 Å². The van der Waals surface area contributed by atoms with Crippen LogP contribution in [0, 0.1) is 0 Å². The zero-order chi connectivity index (χ0) is 16.4. The van der Waals surface area contributed by atoms with Gasteiger partial charge in [0.15, 0.2) is 6.04 Å². The summed E-state index contributed by atoms with van der Waals surface area (Å²) < 4.78 is 4.87. The summed E-state index contributed by atoms with van der Waals surface area (Å²) in [6.45, 7) is 1.93. The van der Waals surface area contributed by atoms with E-state index in [-0.39, 0.29) is 12.6 Å². The zero-order valence-electron chi connectivity index (χ0n) is 13.4. The number of amides is 1. The molecule has 124 valence electrons. The van der Waals surface area contributed by atoms with Crippen LogP contribution in [0.25, 0.3) is 0 Å². The molecule has 1 aromatic rings. The molecule has 2 atom stereocenters. The van der Waals surface area contributed by atoms with Gasteiger partial charge in [-0.2, -0.15) is 0 Å². The van der Waals surface area contributed by atoms with Gasteiger partial charge in [0.2, 0.25) is 0 Å². The Balaban J connectivity index is 1.68. The Morgan fingerprint density at radius 3 is 2.39 bits per heavy atom. The summed E-state index contributed by atoms with van der Waals surface area (Å²) in [5.41, 5.74) is 2.24. The van der Waals surface area contributed by atoms with Crippen molar-refractivity contribution in [1.82, 2.24) is 4.90 Å². The van der Waals surface area contributed by atoms with E-state index in [1.165, 1.54) is 42.6 Å². The summed E-state index contributed by atoms with van der Waals surface area (Å²) in [7, 11) is 0. The number of cyclic esters (lactones) is 1. The Labute approximate surface area is 136 Å². The zero-order valence-corrected chi connectivity index (χ0v) is 13.4. The summed E-state index contributed by atoms with van der Waals surface area (Å²) in [5, 5.41) is 9.38. The largest absolute Gasteiger partial charge is 0.465 e. The molecular formula is C18H23NO4. The lowest BCUT2D eigenvalue weighted by Gasteiger charge is -2.39. The van der Waals surface area contributed by atoms with Gasteiger partial charge in [-0.15, -0.1) is 0 Å². The second-order valence-corrected chi connectivity index (χ2v) is 6.57. The highest BCUT2D eigenvalue weighted by Gasteiger charge is 2.45. The van der Waals surface area contributed by atoms with Crippen LogP contribution in [0.1, 0.15) is 56.1 Å². The molecule has 1 N–H and O–H groups in total. The van der Waals surface area contributed by atoms with Gasteiger partial charge in [0.25, 0.3) is 0 Å². The molecule has 2 fully saturated rings. The molecule has 1 amide bonds. The highest BCUT2D eigenvalue weighted by molar-refractivity contribution is 5.85. The van der Waals surface area contributed by atoms with Crippen molar-refractivity contribution in [1.29, 1.82) is 0 Å². The molecule has 2 aliphatic rings. The third-order valence-electron chi connectivity index (χ3n) is 4.98. The lowest BCUT2D eigenvalue weighted by molar-refractivity contribution is -0.183. The van der Waals surface area contributed by atoms with Crippen LogP contribution in [0.2, 0.25) is 0 Å². The Kier molecular flexibility index (Phi) is 4.55. The number of rotatable bonds is 4. The van der Waals surface area contributed by atoms with Crippen LogP contribution in [-0.4, -0.2) is 34.2 Å². The lowest BCUT2D eigenvalue weighted by Crippen LogP contribution is -2.59. The Hall–Kier alpha value is -2.04. The van der Waals surface area contributed by atoms with Crippen LogP contribution in [-0.2, 0) is 16.1 Å². The molecule has 0 radical (unpaired) electrons. The van der Waals surface area contributed by atoms with Crippen LogP contribution in [0.15, 0.2) is 24.3 Å². The first-order chi connectivity index (χ1) is 11.1. The lowest BCUT2D eigenvalue weighted by atomic mass is 9.84. The number of hydrogen-bond donors (Lipinski definition) is 1. The van der Waals surface area contributed by atoms with E-state index in [4.69, 9.17) is 4.74 Å². The van der Waals surface area contributed by atoms with Crippen LogP contribution in [0.3, 0.4) is 0 Å². The van der Waals surface area contributed by atoms with Gasteiger partial charge in [0, 0.05) is 0 Å². The summed E-state index contributed by atoms with van der Waals surface area (Å²) >= 11 is 0. The van der Waals surface area contributed by atoms with Gasteiger partial charge >= 0.3 is 12.1 Å². The molecule has 1 saturated heterocycles. The van der Waals surface area contributed by atoms with Crippen LogP contribution < -0.4 is 0 Å². The minimum atomic E-state index is -1.09. The van der Waals surface area contributed by atoms with Crippen molar-refractivity contribution in [2.45, 2.75) is 63.6 Å². The number of carboxylic acid groups (broad SMARTS) is 1. The van der Waals surface area contributed by atoms with E-state index >= 15 is 0 Å². The van der Waals surface area contributed by atoms with E-state index in [9.17, 15) is 14.7 Å². The van der Waals surface area contributed by atoms with Gasteiger partial charge in [-0.1, -0.05) is 43.5 Å². The van der Waals surface area contributed by atoms with Crippen molar-refractivity contribution in [3.05, 3.63) is 35.4 Å². The number of carbonyl (C=O) groups excluding carboxylic acids is 1. The fraction of sp³-hybridized carbons (Fsp3) is 0.556. The van der Waals surface area contributed by atoms with Gasteiger partial charge in [0.05, 0.1) is 6.54 Å². The van der Waals surface area contributed by atoms with Crippen molar-refractivity contribution in [3.63, 3.8) is 0 Å². The Morgan fingerprint density at radius 1 is 1.22 bits per heavy atom. The maximum Gasteiger partial charge on any atom is 0.408 e. The SMILES string of the molecule is C[C@@H]1OC(=O)[C@@H]1N(Cc1ccc(C2CCCCC2)cc1)C(=O)O. The average Bonchev–Trinajstić information content (AvgIpc) is 2.55. The number of hydrogen-bond acceptors (Lipinski definition) is 3. The number of carbonyl (C=O) groups is 2. The van der Waals surface area contributed by atoms with Crippen molar-refractivity contribution >= 4 is 12.1 Å². The molecule has 23 heavy (non-hydrogen) atoms. The van der Waals surface area contributed by atoms with Gasteiger partial charge in [-0.3, -0.25) is 4.90 Å². The van der Waals surface area contributed by atoms with Gasteiger partial charge in [0.1, 0.15) is 6.10 Å². The fourth-order valence-corrected chi connectivity index (χ4v) is 3.63. The third-order valence-corrected chi connectivity index (χ3v) is 4.98. The normalized spacial score (nSPS) is 24.7. The second-order valence-electron chi connectivity index (χ2n) is 6.57. The van der Waals surface area contributed by atoms with Crippen LogP contribution in [0.4, 0.5) is 4.79 Å². The summed E-state index contributed by atoms with van der Waals surface area (Å²) in [5.74, 6) is 0.175. The fourth-order valence-electron chi connectivity index (χ4n) is 3.63. The predicted molar refractivity (Wildman–Crippen MR) is 85.2 cm³/mol. The molecule has 1 aliphatic carbocycles. The van der Waals surface area contributed by atoms with Crippen molar-refractivity contribution in [3.8, 4) is 0 Å². The summed E-state index contributed by atoms with van der Waals surface area (Å²) in [6.07, 6.45) is 4.94. The minimum Gasteiger partial charge on any atom is -0.465 e. The Morgan fingerprint density at radius 2 is 1.87 bits per heavy atom. The molecule has 0 bridgehead atoms. The van der Waals surface area contributed by atoms with Crippen molar-refractivity contribution in [2.75, 3.05) is 0 Å². The summed E-state index contributed by atoms with van der Waals surface area (Å²) in [4.78, 5) is 24.1. The predicted octanol–water partition coefficient (Wildman–Crippen LogP) is 3.53. The van der Waals surface area contributed by atoms with E-state index in [0.717, 1.165) is 5.56 Å². The van der Waals surface area contributed by atoms with Gasteiger partial charge in [-0.05, 0) is 36.8 Å². The smallest absolute Gasteiger partial charge is 0.408 e. The molecule has 1 aliphatic heterocycles. The van der Waals surface area contributed by atoms with E-state index in [2.05, 4.69) is 12.1 Å². The molecule has 1 aromatic carbocycles. The molecule has 1 saturated carbocycles. The third kappa shape index (κ3) is 3.33. The number of benzene rings is 1. The summed E-state index contributed by atoms with van der Waals surface area (Å²) in [6, 6.07) is 7.48. The topological polar surface area (TPSA) is 66.8 Å². The quantitative estimate of drug-likeness (QED) is 0.863. The number of ether oxygens (including phenoxy) is 1. The highest BCUT2D eigenvalue weighted by atomic mass is 16.6. The molecule has 5 heteroatoms. The first kappa shape index (κ1) is 15.8. The number of esters is 1. The van der Waals surface area contributed by atoms with Crippen molar-refractivity contribution in [2.24, 2.45) is 0 Å². The molecule has 0 unspecified atom stereocenters. The molecule has 5 nitrogen and oxygen atoms in total. The van der Waals surface area contributed by atoms with Crippen molar-refractivity contribution < 1.29 is 19.4 Å². The van der Waals surface area contributed by atoms with E-state index in [1.807, 2.05) is 12.1 Å². The van der Waals surface area contributed by atoms with E-state index < -0.39 is 18.1 Å². The molecular weight excluding hydrogens is 294 g/mol.